The summed E-state index contributed by atoms with van der Waals surface area (Å²) in [4.78, 5) is 22.9. The van der Waals surface area contributed by atoms with Gasteiger partial charge in [0.2, 0.25) is 0 Å². The third-order valence-corrected chi connectivity index (χ3v) is 4.36. The first-order valence-corrected chi connectivity index (χ1v) is 6.53. The number of aromatic hydroxyl groups is 1. The Morgan fingerprint density at radius 1 is 1.47 bits per heavy atom. The molecule has 1 aromatic heterocycles. The Bertz CT molecular complexity index is 574. The summed E-state index contributed by atoms with van der Waals surface area (Å²) in [5.74, 6) is -0.149. The first-order valence-electron chi connectivity index (χ1n) is 5.12. The minimum absolute atomic E-state index is 0.138. The highest BCUT2D eigenvalue weighted by molar-refractivity contribution is 8.32. The largest absolute Gasteiger partial charge is 0.507 e. The van der Waals surface area contributed by atoms with E-state index in [-0.39, 0.29) is 17.4 Å². The lowest BCUT2D eigenvalue weighted by molar-refractivity contribution is 0.221. The lowest BCUT2D eigenvalue weighted by Crippen LogP contribution is -2.24. The maximum absolute atomic E-state index is 11.8. The van der Waals surface area contributed by atoms with E-state index in [4.69, 9.17) is 5.11 Å². The highest BCUT2D eigenvalue weighted by Gasteiger charge is 2.27. The molecule has 1 atom stereocenters. The van der Waals surface area contributed by atoms with Crippen LogP contribution in [0.15, 0.2) is 21.3 Å². The summed E-state index contributed by atoms with van der Waals surface area (Å²) >= 11 is 0. The molecule has 0 fully saturated rings. The second-order valence-corrected chi connectivity index (χ2v) is 5.88. The highest BCUT2D eigenvalue weighted by Crippen LogP contribution is 2.48. The second-order valence-electron chi connectivity index (χ2n) is 4.04. The van der Waals surface area contributed by atoms with Gasteiger partial charge in [0.1, 0.15) is 5.75 Å². The molecule has 0 radical (unpaired) electrons. The van der Waals surface area contributed by atoms with Gasteiger partial charge in [0.05, 0.1) is 5.03 Å². The molecule has 1 unspecified atom stereocenters. The molecule has 1 aliphatic heterocycles. The van der Waals surface area contributed by atoms with Crippen molar-refractivity contribution < 1.29 is 15.0 Å². The molecule has 0 saturated carbocycles. The van der Waals surface area contributed by atoms with Crippen molar-refractivity contribution in [3.8, 4) is 5.75 Å². The highest BCUT2D eigenvalue weighted by atomic mass is 32.2. The molecule has 6 heteroatoms. The Hall–Kier alpha value is -1.69. The van der Waals surface area contributed by atoms with Gasteiger partial charge in [0.25, 0.3) is 5.56 Å². The molecule has 1 aromatic rings. The summed E-state index contributed by atoms with van der Waals surface area (Å²) < 4.78 is 1.44. The second kappa shape index (κ2) is 3.96. The van der Waals surface area contributed by atoms with Crippen LogP contribution >= 0.6 is 10.9 Å². The van der Waals surface area contributed by atoms with Gasteiger partial charge in [-0.1, -0.05) is 10.9 Å². The van der Waals surface area contributed by atoms with Gasteiger partial charge in [-0.15, -0.1) is 0 Å². The Morgan fingerprint density at radius 3 is 2.65 bits per heavy atom. The van der Waals surface area contributed by atoms with Crippen molar-refractivity contribution in [2.75, 3.05) is 0 Å². The lowest BCUT2D eigenvalue weighted by atomic mass is 10.2. The zero-order valence-electron chi connectivity index (χ0n) is 9.41. The number of carboxylic acid groups (broad SMARTS) is 1. The average molecular weight is 255 g/mol. The predicted molar refractivity (Wildman–Crippen MR) is 67.1 cm³/mol. The fourth-order valence-corrected chi connectivity index (χ4v) is 3.65. The predicted octanol–water partition coefficient (Wildman–Crippen LogP) is 2.16. The number of hydrogen-bond acceptors (Lipinski definition) is 3. The van der Waals surface area contributed by atoms with Gasteiger partial charge in [0.15, 0.2) is 0 Å². The van der Waals surface area contributed by atoms with Gasteiger partial charge in [-0.3, -0.25) is 4.79 Å². The number of pyridine rings is 1. The van der Waals surface area contributed by atoms with Crippen LogP contribution in [0, 0.1) is 0 Å². The van der Waals surface area contributed by atoms with Crippen LogP contribution in [-0.2, 0) is 0 Å². The summed E-state index contributed by atoms with van der Waals surface area (Å²) in [6, 6.07) is 0.991. The molecule has 0 bridgehead atoms. The van der Waals surface area contributed by atoms with Crippen LogP contribution in [0.2, 0.25) is 0 Å². The van der Waals surface area contributed by atoms with Crippen molar-refractivity contribution in [3.63, 3.8) is 0 Å². The van der Waals surface area contributed by atoms with Crippen LogP contribution in [0.3, 0.4) is 0 Å². The van der Waals surface area contributed by atoms with Crippen LogP contribution in [0.25, 0.3) is 6.08 Å². The van der Waals surface area contributed by atoms with E-state index in [9.17, 15) is 14.7 Å². The minimum Gasteiger partial charge on any atom is -0.507 e. The first kappa shape index (κ1) is 11.8. The van der Waals surface area contributed by atoms with E-state index in [1.54, 1.807) is 11.5 Å². The maximum Gasteiger partial charge on any atom is 0.353 e. The quantitative estimate of drug-likeness (QED) is 0.672. The molecule has 0 amide bonds. The monoisotopic (exact) mass is 255 g/mol. The molecule has 1 aliphatic rings. The maximum atomic E-state index is 11.8. The van der Waals surface area contributed by atoms with Crippen LogP contribution in [0.5, 0.6) is 5.75 Å². The number of nitrogens with zero attached hydrogens (tertiary/aromatic N) is 1. The van der Waals surface area contributed by atoms with Crippen molar-refractivity contribution >= 4 is 22.3 Å². The summed E-state index contributed by atoms with van der Waals surface area (Å²) in [7, 11) is -1.57. The third kappa shape index (κ3) is 1.74. The molecule has 5 nitrogen and oxygen atoms in total. The smallest absolute Gasteiger partial charge is 0.353 e. The van der Waals surface area contributed by atoms with Gasteiger partial charge in [0, 0.05) is 17.7 Å². The third-order valence-electron chi connectivity index (χ3n) is 2.58. The van der Waals surface area contributed by atoms with Gasteiger partial charge >= 0.3 is 5.30 Å². The van der Waals surface area contributed by atoms with Gasteiger partial charge in [-0.05, 0) is 25.3 Å². The molecule has 2 heterocycles. The van der Waals surface area contributed by atoms with E-state index in [1.807, 2.05) is 13.8 Å². The van der Waals surface area contributed by atoms with E-state index < -0.39 is 16.2 Å². The topological polar surface area (TPSA) is 79.5 Å². The van der Waals surface area contributed by atoms with Crippen molar-refractivity contribution in [2.45, 2.75) is 24.9 Å². The Kier molecular flexibility index (Phi) is 2.74. The molecule has 0 aliphatic carbocycles. The molecule has 92 valence electrons. The van der Waals surface area contributed by atoms with E-state index in [2.05, 4.69) is 0 Å². The van der Waals surface area contributed by atoms with Crippen LogP contribution in [-0.4, -0.2) is 20.1 Å². The van der Waals surface area contributed by atoms with Gasteiger partial charge in [-0.25, -0.2) is 4.79 Å². The summed E-state index contributed by atoms with van der Waals surface area (Å²) in [5, 5.41) is 19.8. The lowest BCUT2D eigenvalue weighted by Gasteiger charge is -2.20. The minimum atomic E-state index is -1.57. The first-order chi connectivity index (χ1) is 7.93. The number of fused-ring (bicyclic) bond motifs is 1. The van der Waals surface area contributed by atoms with Crippen LogP contribution < -0.4 is 5.56 Å². The van der Waals surface area contributed by atoms with Crippen LogP contribution in [0.1, 0.15) is 25.5 Å². The fraction of sp³-hybridized carbons (Fsp3) is 0.273. The number of rotatable bonds is 1. The van der Waals surface area contributed by atoms with E-state index in [0.717, 1.165) is 6.07 Å². The van der Waals surface area contributed by atoms with Crippen molar-refractivity contribution in [1.29, 1.82) is 0 Å². The Balaban J connectivity index is 2.78. The van der Waals surface area contributed by atoms with E-state index >= 15 is 0 Å². The van der Waals surface area contributed by atoms with E-state index in [1.165, 1.54) is 4.57 Å². The molecule has 17 heavy (non-hydrogen) atoms. The van der Waals surface area contributed by atoms with Crippen molar-refractivity contribution in [1.82, 2.24) is 4.57 Å². The molecule has 0 aromatic carbocycles. The van der Waals surface area contributed by atoms with Crippen molar-refractivity contribution in [3.05, 3.63) is 27.4 Å². The number of hydrogen-bond donors (Lipinski definition) is 3. The summed E-state index contributed by atoms with van der Waals surface area (Å²) in [5.41, 5.74) is 0.0838. The van der Waals surface area contributed by atoms with E-state index in [0.29, 0.717) is 10.6 Å². The standard InChI is InChI=1S/C11H13NO4S/c1-6(2)12-9(14)5-8(13)7-3-4-17(10(7)12)11(15)16/h3-6,13,17H,1-2H3,(H,15,16). The number of carbonyl (C=O) groups is 1. The zero-order valence-corrected chi connectivity index (χ0v) is 10.3. The fourth-order valence-electron chi connectivity index (χ4n) is 1.89. The molecule has 0 saturated heterocycles. The molecular formula is C11H13NO4S. The van der Waals surface area contributed by atoms with Crippen molar-refractivity contribution in [2.24, 2.45) is 0 Å². The number of aromatic nitrogens is 1. The van der Waals surface area contributed by atoms with Gasteiger partial charge in [-0.2, -0.15) is 0 Å². The van der Waals surface area contributed by atoms with Crippen LogP contribution in [0.4, 0.5) is 4.79 Å². The summed E-state index contributed by atoms with van der Waals surface area (Å²) in [6.45, 7) is 3.62. The zero-order chi connectivity index (χ0) is 12.7. The Labute approximate surface area is 100 Å². The summed E-state index contributed by atoms with van der Waals surface area (Å²) in [6.07, 6.45) is 1.57. The number of thiol groups is 1. The Morgan fingerprint density at radius 2 is 2.12 bits per heavy atom. The van der Waals surface area contributed by atoms with Gasteiger partial charge < -0.3 is 14.8 Å². The molecular weight excluding hydrogens is 242 g/mol. The molecule has 2 N–H and O–H groups in total. The SMILES string of the molecule is CC(C)n1c2c(c(O)cc1=O)C=C[SH]2C(=O)O. The molecule has 0 spiro atoms. The average Bonchev–Trinajstić information content (AvgIpc) is 2.61. The normalized spacial score (nSPS) is 19.6. The molecule has 2 rings (SSSR count).